The summed E-state index contributed by atoms with van der Waals surface area (Å²) < 4.78 is 5.15. The minimum Gasteiger partial charge on any atom is -0.394 e. The van der Waals surface area contributed by atoms with Crippen molar-refractivity contribution in [3.63, 3.8) is 0 Å². The zero-order valence-corrected chi connectivity index (χ0v) is 18.9. The lowest BCUT2D eigenvalue weighted by Crippen LogP contribution is -2.58. The van der Waals surface area contributed by atoms with Gasteiger partial charge in [0.05, 0.1) is 42.8 Å². The molecule has 1 unspecified atom stereocenters. The van der Waals surface area contributed by atoms with Crippen LogP contribution in [0.5, 0.6) is 0 Å². The molecule has 8 heteroatoms. The highest BCUT2D eigenvalue weighted by atomic mass is 16.5. The Kier molecular flexibility index (Phi) is 4.82. The largest absolute Gasteiger partial charge is 0.394 e. The van der Waals surface area contributed by atoms with Gasteiger partial charge in [-0.2, -0.15) is 0 Å². The molecular formula is C26H26N4O4. The number of imide groups is 1. The number of aliphatic hydroxyl groups is 1. The molecule has 0 bridgehead atoms. The Labute approximate surface area is 197 Å². The summed E-state index contributed by atoms with van der Waals surface area (Å²) in [6.07, 6.45) is 0.565. The second-order valence-electron chi connectivity index (χ2n) is 9.19. The molecule has 8 nitrogen and oxygen atoms in total. The van der Waals surface area contributed by atoms with Crippen LogP contribution < -0.4 is 10.2 Å². The van der Waals surface area contributed by atoms with Gasteiger partial charge in [-0.05, 0) is 23.6 Å². The maximum Gasteiger partial charge on any atom is 0.277 e. The standard InChI is InChI=1S/C26H26N4O4/c1-34-12-11-29-23(32)20-21(24(29)33)28-25-26(13-17(15-31)27-25)18-9-5-6-10-19(18)30(22(20)26)14-16-7-3-2-4-8-16/h2-10,17,22,31H,11-15H2,1H3,(H,27,28)/t17-,22?,26-/m0/s1. The van der Waals surface area contributed by atoms with Crippen LogP contribution >= 0.6 is 0 Å². The van der Waals surface area contributed by atoms with Crippen LogP contribution in [0.15, 0.2) is 70.9 Å². The molecule has 2 amide bonds. The third kappa shape index (κ3) is 2.75. The average Bonchev–Trinajstić information content (AvgIpc) is 3.45. The number of hydrogen-bond acceptors (Lipinski definition) is 7. The fourth-order valence-corrected chi connectivity index (χ4v) is 6.03. The number of benzene rings is 2. The molecule has 0 saturated heterocycles. The summed E-state index contributed by atoms with van der Waals surface area (Å²) in [5, 5.41) is 13.3. The Hall–Kier alpha value is -3.49. The first-order chi connectivity index (χ1) is 16.6. The Bertz CT molecular complexity index is 1240. The van der Waals surface area contributed by atoms with E-state index in [9.17, 15) is 14.7 Å². The lowest BCUT2D eigenvalue weighted by Gasteiger charge is -2.41. The van der Waals surface area contributed by atoms with E-state index in [0.29, 0.717) is 30.1 Å². The summed E-state index contributed by atoms with van der Waals surface area (Å²) in [4.78, 5) is 35.3. The number of aliphatic hydroxyl groups excluding tert-OH is 1. The summed E-state index contributed by atoms with van der Waals surface area (Å²) in [5.41, 5.74) is 3.34. The van der Waals surface area contributed by atoms with Gasteiger partial charge in [0.1, 0.15) is 11.5 Å². The molecule has 0 aromatic heterocycles. The van der Waals surface area contributed by atoms with Crippen molar-refractivity contribution < 1.29 is 19.4 Å². The molecule has 34 heavy (non-hydrogen) atoms. The van der Waals surface area contributed by atoms with Crippen molar-refractivity contribution in [2.75, 3.05) is 31.8 Å². The highest BCUT2D eigenvalue weighted by Crippen LogP contribution is 2.56. The Balaban J connectivity index is 1.54. The van der Waals surface area contributed by atoms with Crippen LogP contribution in [-0.4, -0.2) is 66.6 Å². The number of rotatable bonds is 6. The fraction of sp³-hybridized carbons (Fsp3) is 0.346. The second kappa shape index (κ2) is 7.78. The number of carbonyl (C=O) groups excluding carboxylic acids is 2. The smallest absolute Gasteiger partial charge is 0.277 e. The molecule has 0 aliphatic carbocycles. The number of ether oxygens (including phenoxy) is 1. The molecule has 0 saturated carbocycles. The predicted molar refractivity (Wildman–Crippen MR) is 126 cm³/mol. The summed E-state index contributed by atoms with van der Waals surface area (Å²) in [6.45, 7) is 0.958. The van der Waals surface area contributed by atoms with Gasteiger partial charge in [0.25, 0.3) is 11.8 Å². The van der Waals surface area contributed by atoms with Crippen molar-refractivity contribution in [3.8, 4) is 0 Å². The van der Waals surface area contributed by atoms with Gasteiger partial charge in [-0.3, -0.25) is 19.5 Å². The first kappa shape index (κ1) is 21.1. The van der Waals surface area contributed by atoms with Crippen molar-refractivity contribution in [1.82, 2.24) is 10.2 Å². The molecule has 4 aliphatic rings. The molecule has 6 rings (SSSR count). The first-order valence-electron chi connectivity index (χ1n) is 11.6. The number of nitrogens with zero attached hydrogens (tertiary/aromatic N) is 3. The third-order valence-corrected chi connectivity index (χ3v) is 7.41. The number of carbonyl (C=O) groups is 2. The number of para-hydroxylation sites is 1. The van der Waals surface area contributed by atoms with E-state index < -0.39 is 11.5 Å². The summed E-state index contributed by atoms with van der Waals surface area (Å²) in [6, 6.07) is 17.6. The SMILES string of the molecule is COCCN1C(=O)C2=C(C1=O)C1N(Cc3ccccc3)c3ccccc3[C@@]13C[C@@H](CO)N=C3N2. The van der Waals surface area contributed by atoms with Crippen LogP contribution in [0.2, 0.25) is 0 Å². The molecule has 174 valence electrons. The van der Waals surface area contributed by atoms with Gasteiger partial charge in [0, 0.05) is 19.3 Å². The number of fused-ring (bicyclic) bond motifs is 2. The molecule has 0 radical (unpaired) electrons. The maximum absolute atomic E-state index is 13.7. The molecule has 2 aromatic rings. The molecule has 4 heterocycles. The predicted octanol–water partition coefficient (Wildman–Crippen LogP) is 1.35. The topological polar surface area (TPSA) is 94.5 Å². The number of hydrogen-bond donors (Lipinski definition) is 2. The van der Waals surface area contributed by atoms with Crippen LogP contribution in [0.4, 0.5) is 5.69 Å². The van der Waals surface area contributed by atoms with Gasteiger partial charge >= 0.3 is 0 Å². The van der Waals surface area contributed by atoms with Crippen LogP contribution in [-0.2, 0) is 26.3 Å². The van der Waals surface area contributed by atoms with E-state index in [2.05, 4.69) is 34.5 Å². The molecule has 0 fully saturated rings. The number of methoxy groups -OCH3 is 1. The normalized spacial score (nSPS) is 26.8. The van der Waals surface area contributed by atoms with E-state index in [-0.39, 0.29) is 37.6 Å². The second-order valence-corrected chi connectivity index (χ2v) is 9.19. The van der Waals surface area contributed by atoms with Gasteiger partial charge in [0.2, 0.25) is 0 Å². The van der Waals surface area contributed by atoms with E-state index in [0.717, 1.165) is 16.8 Å². The Morgan fingerprint density at radius 2 is 1.88 bits per heavy atom. The highest BCUT2D eigenvalue weighted by Gasteiger charge is 2.65. The Morgan fingerprint density at radius 1 is 1.12 bits per heavy atom. The lowest BCUT2D eigenvalue weighted by molar-refractivity contribution is -0.138. The van der Waals surface area contributed by atoms with E-state index in [4.69, 9.17) is 9.73 Å². The van der Waals surface area contributed by atoms with Gasteiger partial charge in [-0.25, -0.2) is 0 Å². The first-order valence-corrected chi connectivity index (χ1v) is 11.6. The van der Waals surface area contributed by atoms with Crippen molar-refractivity contribution in [3.05, 3.63) is 77.0 Å². The fourth-order valence-electron chi connectivity index (χ4n) is 6.03. The monoisotopic (exact) mass is 458 g/mol. The minimum atomic E-state index is -0.634. The Morgan fingerprint density at radius 3 is 2.65 bits per heavy atom. The van der Waals surface area contributed by atoms with Crippen molar-refractivity contribution >= 4 is 23.3 Å². The highest BCUT2D eigenvalue weighted by molar-refractivity contribution is 6.24. The van der Waals surface area contributed by atoms with E-state index >= 15 is 0 Å². The van der Waals surface area contributed by atoms with E-state index in [1.165, 1.54) is 4.90 Å². The van der Waals surface area contributed by atoms with E-state index in [1.54, 1.807) is 7.11 Å². The zero-order chi connectivity index (χ0) is 23.4. The van der Waals surface area contributed by atoms with Gasteiger partial charge < -0.3 is 20.1 Å². The summed E-state index contributed by atoms with van der Waals surface area (Å²) >= 11 is 0. The van der Waals surface area contributed by atoms with Crippen LogP contribution in [0, 0.1) is 0 Å². The summed E-state index contributed by atoms with van der Waals surface area (Å²) in [5.74, 6) is 0.0239. The quantitative estimate of drug-likeness (QED) is 0.635. The number of aliphatic imine (C=N–C) groups is 1. The number of amidine groups is 1. The number of amides is 2. The molecule has 3 atom stereocenters. The third-order valence-electron chi connectivity index (χ3n) is 7.41. The van der Waals surface area contributed by atoms with Crippen LogP contribution in [0.3, 0.4) is 0 Å². The lowest BCUT2D eigenvalue weighted by atomic mass is 9.68. The molecule has 2 N–H and O–H groups in total. The number of anilines is 1. The zero-order valence-electron chi connectivity index (χ0n) is 18.9. The van der Waals surface area contributed by atoms with Gasteiger partial charge in [-0.1, -0.05) is 48.5 Å². The van der Waals surface area contributed by atoms with Gasteiger partial charge in [0.15, 0.2) is 0 Å². The summed E-state index contributed by atoms with van der Waals surface area (Å²) in [7, 11) is 1.55. The molecule has 4 aliphatic heterocycles. The average molecular weight is 459 g/mol. The van der Waals surface area contributed by atoms with E-state index in [1.807, 2.05) is 30.3 Å². The molecule has 2 aromatic carbocycles. The van der Waals surface area contributed by atoms with Crippen molar-refractivity contribution in [1.29, 1.82) is 0 Å². The molecule has 1 spiro atoms. The number of nitrogens with one attached hydrogen (secondary N) is 1. The van der Waals surface area contributed by atoms with Crippen LogP contribution in [0.25, 0.3) is 0 Å². The maximum atomic E-state index is 13.7. The van der Waals surface area contributed by atoms with Gasteiger partial charge in [-0.15, -0.1) is 0 Å². The molecular weight excluding hydrogens is 432 g/mol. The minimum absolute atomic E-state index is 0.0903. The van der Waals surface area contributed by atoms with Crippen molar-refractivity contribution in [2.24, 2.45) is 4.99 Å². The van der Waals surface area contributed by atoms with Crippen LogP contribution in [0.1, 0.15) is 17.5 Å². The van der Waals surface area contributed by atoms with Crippen molar-refractivity contribution in [2.45, 2.75) is 30.5 Å².